The lowest BCUT2D eigenvalue weighted by molar-refractivity contribution is 0.418. The second kappa shape index (κ2) is 6.19. The summed E-state index contributed by atoms with van der Waals surface area (Å²) in [5.41, 5.74) is 7.06. The molecule has 2 aromatic heterocycles. The van der Waals surface area contributed by atoms with Gasteiger partial charge in [0.05, 0.1) is 12.2 Å². The fourth-order valence-corrected chi connectivity index (χ4v) is 3.29. The van der Waals surface area contributed by atoms with Crippen molar-refractivity contribution in [3.05, 3.63) is 47.9 Å². The van der Waals surface area contributed by atoms with Gasteiger partial charge >= 0.3 is 0 Å². The molecule has 2 aromatic rings. The summed E-state index contributed by atoms with van der Waals surface area (Å²) >= 11 is 0. The summed E-state index contributed by atoms with van der Waals surface area (Å²) in [5.74, 6) is 0.289. The lowest BCUT2D eigenvalue weighted by Gasteiger charge is -2.20. The summed E-state index contributed by atoms with van der Waals surface area (Å²) in [7, 11) is -3.60. The van der Waals surface area contributed by atoms with Crippen molar-refractivity contribution in [2.24, 2.45) is 0 Å². The Balaban J connectivity index is 2.29. The molecule has 0 spiro atoms. The van der Waals surface area contributed by atoms with Crippen LogP contribution in [0.25, 0.3) is 0 Å². The first-order valence-corrected chi connectivity index (χ1v) is 8.01. The highest BCUT2D eigenvalue weighted by Gasteiger charge is 2.23. The Morgan fingerprint density at radius 2 is 2.00 bits per heavy atom. The Morgan fingerprint density at radius 3 is 2.57 bits per heavy atom. The van der Waals surface area contributed by atoms with Gasteiger partial charge in [0.15, 0.2) is 0 Å². The SMILES string of the molecule is CCN(Cc1cccc(C)n1)S(=O)(=O)c1ccc(N)nc1. The van der Waals surface area contributed by atoms with Crippen molar-refractivity contribution in [2.45, 2.75) is 25.3 Å². The molecule has 0 radical (unpaired) electrons. The predicted molar refractivity (Wildman–Crippen MR) is 80.9 cm³/mol. The second-order valence-electron chi connectivity index (χ2n) is 4.62. The van der Waals surface area contributed by atoms with Crippen molar-refractivity contribution in [2.75, 3.05) is 12.3 Å². The number of nitrogen functional groups attached to an aromatic ring is 1. The van der Waals surface area contributed by atoms with Crippen LogP contribution in [-0.2, 0) is 16.6 Å². The number of hydrogen-bond donors (Lipinski definition) is 1. The number of aryl methyl sites for hydroxylation is 1. The maximum atomic E-state index is 12.6. The molecule has 0 aliphatic heterocycles. The summed E-state index contributed by atoms with van der Waals surface area (Å²) in [4.78, 5) is 8.31. The van der Waals surface area contributed by atoms with Gasteiger partial charge < -0.3 is 5.73 Å². The Bertz CT molecular complexity index is 714. The molecule has 0 saturated heterocycles. The van der Waals surface area contributed by atoms with Gasteiger partial charge in [0.25, 0.3) is 0 Å². The van der Waals surface area contributed by atoms with Gasteiger partial charge in [-0.1, -0.05) is 13.0 Å². The van der Waals surface area contributed by atoms with E-state index in [0.717, 1.165) is 5.69 Å². The smallest absolute Gasteiger partial charge is 0.244 e. The molecular formula is C14H18N4O2S. The molecule has 0 aliphatic rings. The van der Waals surface area contributed by atoms with Crippen molar-refractivity contribution in [1.29, 1.82) is 0 Å². The standard InChI is InChI=1S/C14H18N4O2S/c1-3-18(10-12-6-4-5-11(2)17-12)21(19,20)13-7-8-14(15)16-9-13/h4-9H,3,10H2,1-2H3,(H2,15,16). The van der Waals surface area contributed by atoms with Gasteiger partial charge in [-0.2, -0.15) is 4.31 Å². The summed E-state index contributed by atoms with van der Waals surface area (Å²) in [6.07, 6.45) is 1.27. The molecule has 2 N–H and O–H groups in total. The van der Waals surface area contributed by atoms with E-state index in [4.69, 9.17) is 5.73 Å². The molecule has 0 atom stereocenters. The molecule has 21 heavy (non-hydrogen) atoms. The lowest BCUT2D eigenvalue weighted by atomic mass is 10.3. The Kier molecular flexibility index (Phi) is 4.54. The molecule has 0 fully saturated rings. The van der Waals surface area contributed by atoms with Crippen LogP contribution in [0.5, 0.6) is 0 Å². The van der Waals surface area contributed by atoms with Gasteiger partial charge in [-0.15, -0.1) is 0 Å². The highest BCUT2D eigenvalue weighted by Crippen LogP contribution is 2.17. The number of nitrogens with two attached hydrogens (primary N) is 1. The minimum Gasteiger partial charge on any atom is -0.384 e. The molecule has 0 aromatic carbocycles. The van der Waals surface area contributed by atoms with Gasteiger partial charge in [0.2, 0.25) is 10.0 Å². The van der Waals surface area contributed by atoms with Gasteiger partial charge in [-0.25, -0.2) is 13.4 Å². The zero-order chi connectivity index (χ0) is 15.5. The van der Waals surface area contributed by atoms with Crippen LogP contribution in [0.4, 0.5) is 5.82 Å². The Hall–Kier alpha value is -1.99. The van der Waals surface area contributed by atoms with Crippen LogP contribution in [-0.4, -0.2) is 29.2 Å². The zero-order valence-electron chi connectivity index (χ0n) is 12.0. The third-order valence-corrected chi connectivity index (χ3v) is 4.94. The summed E-state index contributed by atoms with van der Waals surface area (Å²) < 4.78 is 26.5. The highest BCUT2D eigenvalue weighted by molar-refractivity contribution is 7.89. The fourth-order valence-electron chi connectivity index (χ4n) is 1.93. The van der Waals surface area contributed by atoms with E-state index in [2.05, 4.69) is 9.97 Å². The maximum absolute atomic E-state index is 12.6. The number of hydrogen-bond acceptors (Lipinski definition) is 5. The van der Waals surface area contributed by atoms with Crippen LogP contribution in [0.15, 0.2) is 41.4 Å². The van der Waals surface area contributed by atoms with E-state index in [-0.39, 0.29) is 17.3 Å². The monoisotopic (exact) mass is 306 g/mol. The number of nitrogens with zero attached hydrogens (tertiary/aromatic N) is 3. The van der Waals surface area contributed by atoms with Crippen molar-refractivity contribution in [3.63, 3.8) is 0 Å². The second-order valence-corrected chi connectivity index (χ2v) is 6.56. The van der Waals surface area contributed by atoms with E-state index in [1.807, 2.05) is 25.1 Å². The minimum atomic E-state index is -3.60. The lowest BCUT2D eigenvalue weighted by Crippen LogP contribution is -2.31. The molecule has 0 unspecified atom stereocenters. The van der Waals surface area contributed by atoms with Crippen LogP contribution in [0.2, 0.25) is 0 Å². The number of anilines is 1. The van der Waals surface area contributed by atoms with Crippen molar-refractivity contribution in [1.82, 2.24) is 14.3 Å². The van der Waals surface area contributed by atoms with Gasteiger partial charge in [0, 0.05) is 18.4 Å². The molecule has 0 aliphatic carbocycles. The summed E-state index contributed by atoms with van der Waals surface area (Å²) in [6, 6.07) is 8.49. The number of rotatable bonds is 5. The fraction of sp³-hybridized carbons (Fsp3) is 0.286. The average Bonchev–Trinajstić information content (AvgIpc) is 2.45. The molecule has 7 heteroatoms. The maximum Gasteiger partial charge on any atom is 0.244 e. The molecule has 2 heterocycles. The third-order valence-electron chi connectivity index (χ3n) is 3.03. The van der Waals surface area contributed by atoms with E-state index in [0.29, 0.717) is 12.2 Å². The van der Waals surface area contributed by atoms with Crippen LogP contribution in [0, 0.1) is 6.92 Å². The Labute approximate surface area is 124 Å². The van der Waals surface area contributed by atoms with E-state index in [1.165, 1.54) is 22.6 Å². The minimum absolute atomic E-state index is 0.131. The molecule has 0 amide bonds. The predicted octanol–water partition coefficient (Wildman–Crippen LogP) is 1.58. The van der Waals surface area contributed by atoms with E-state index in [1.54, 1.807) is 6.92 Å². The molecule has 6 nitrogen and oxygen atoms in total. The first-order chi connectivity index (χ1) is 9.93. The third kappa shape index (κ3) is 3.56. The van der Waals surface area contributed by atoms with E-state index >= 15 is 0 Å². The van der Waals surface area contributed by atoms with Crippen molar-refractivity contribution >= 4 is 15.8 Å². The van der Waals surface area contributed by atoms with Crippen LogP contribution < -0.4 is 5.73 Å². The number of aromatic nitrogens is 2. The Morgan fingerprint density at radius 1 is 1.24 bits per heavy atom. The number of sulfonamides is 1. The first kappa shape index (κ1) is 15.4. The molecule has 0 saturated carbocycles. The quantitative estimate of drug-likeness (QED) is 0.906. The molecule has 2 rings (SSSR count). The first-order valence-electron chi connectivity index (χ1n) is 6.57. The number of pyridine rings is 2. The molecular weight excluding hydrogens is 288 g/mol. The van der Waals surface area contributed by atoms with Crippen LogP contribution in [0.3, 0.4) is 0 Å². The largest absolute Gasteiger partial charge is 0.384 e. The van der Waals surface area contributed by atoms with Crippen molar-refractivity contribution < 1.29 is 8.42 Å². The van der Waals surface area contributed by atoms with E-state index in [9.17, 15) is 8.42 Å². The summed E-state index contributed by atoms with van der Waals surface area (Å²) in [5, 5.41) is 0. The van der Waals surface area contributed by atoms with Crippen molar-refractivity contribution in [3.8, 4) is 0 Å². The van der Waals surface area contributed by atoms with Crippen LogP contribution in [0.1, 0.15) is 18.3 Å². The summed E-state index contributed by atoms with van der Waals surface area (Å²) in [6.45, 7) is 4.24. The van der Waals surface area contributed by atoms with E-state index < -0.39 is 10.0 Å². The highest BCUT2D eigenvalue weighted by atomic mass is 32.2. The van der Waals surface area contributed by atoms with Gasteiger partial charge in [-0.05, 0) is 31.2 Å². The normalized spacial score (nSPS) is 11.8. The van der Waals surface area contributed by atoms with Gasteiger partial charge in [-0.3, -0.25) is 4.98 Å². The zero-order valence-corrected chi connectivity index (χ0v) is 12.8. The molecule has 0 bridgehead atoms. The topological polar surface area (TPSA) is 89.2 Å². The molecule has 112 valence electrons. The van der Waals surface area contributed by atoms with Crippen LogP contribution >= 0.6 is 0 Å². The average molecular weight is 306 g/mol. The van der Waals surface area contributed by atoms with Gasteiger partial charge in [0.1, 0.15) is 10.7 Å².